The molecule has 3 aromatic rings. The first-order valence-electron chi connectivity index (χ1n) is 9.99. The molecule has 0 spiro atoms. The summed E-state index contributed by atoms with van der Waals surface area (Å²) >= 11 is 6.03. The maximum Gasteiger partial charge on any atom is 0.265 e. The first-order valence-corrected chi connectivity index (χ1v) is 11.9. The van der Waals surface area contributed by atoms with Crippen molar-refractivity contribution in [2.75, 3.05) is 10.0 Å². The number of hydrogen-bond acceptors (Lipinski definition) is 4. The molecule has 0 saturated carbocycles. The van der Waals surface area contributed by atoms with Gasteiger partial charge in [-0.3, -0.25) is 9.52 Å². The number of ether oxygens (including phenoxy) is 1. The summed E-state index contributed by atoms with van der Waals surface area (Å²) in [6.07, 6.45) is -0.736. The molecule has 0 bridgehead atoms. The number of hydrogen-bond donors (Lipinski definition) is 2. The van der Waals surface area contributed by atoms with E-state index in [1.54, 1.807) is 31.2 Å². The number of rotatable bonds is 7. The molecule has 0 aromatic heterocycles. The summed E-state index contributed by atoms with van der Waals surface area (Å²) in [5.74, 6) is 0.325. The number of carbonyl (C=O) groups excluding carboxylic acids is 1. The van der Waals surface area contributed by atoms with Gasteiger partial charge in [0.2, 0.25) is 0 Å². The maximum absolute atomic E-state index is 12.6. The van der Waals surface area contributed by atoms with Crippen molar-refractivity contribution in [1.29, 1.82) is 0 Å². The molecule has 2 N–H and O–H groups in total. The number of carbonyl (C=O) groups is 1. The largest absolute Gasteiger partial charge is 0.481 e. The fraction of sp³-hybridized carbons (Fsp3) is 0.208. The van der Waals surface area contributed by atoms with Gasteiger partial charge in [0.15, 0.2) is 6.10 Å². The summed E-state index contributed by atoms with van der Waals surface area (Å²) < 4.78 is 33.5. The number of sulfonamides is 1. The van der Waals surface area contributed by atoms with Crippen LogP contribution in [-0.4, -0.2) is 20.4 Å². The van der Waals surface area contributed by atoms with Crippen LogP contribution >= 0.6 is 11.6 Å². The predicted molar refractivity (Wildman–Crippen MR) is 128 cm³/mol. The Morgan fingerprint density at radius 2 is 1.66 bits per heavy atom. The van der Waals surface area contributed by atoms with Crippen molar-refractivity contribution in [2.24, 2.45) is 0 Å². The second-order valence-corrected chi connectivity index (χ2v) is 9.65. The molecule has 0 aliphatic carbocycles. The van der Waals surface area contributed by atoms with E-state index < -0.39 is 16.1 Å². The summed E-state index contributed by atoms with van der Waals surface area (Å²) in [7, 11) is -3.82. The van der Waals surface area contributed by atoms with Crippen LogP contribution in [0.25, 0.3) is 0 Å². The Labute approximate surface area is 193 Å². The third kappa shape index (κ3) is 5.60. The minimum atomic E-state index is -3.82. The van der Waals surface area contributed by atoms with E-state index >= 15 is 0 Å². The normalized spacial score (nSPS) is 12.2. The van der Waals surface area contributed by atoms with Crippen LogP contribution in [0.1, 0.15) is 23.6 Å². The van der Waals surface area contributed by atoms with Gasteiger partial charge in [-0.05, 0) is 86.8 Å². The van der Waals surface area contributed by atoms with Crippen LogP contribution in [0.15, 0.2) is 65.6 Å². The first-order chi connectivity index (χ1) is 15.1. The Morgan fingerprint density at radius 3 is 2.31 bits per heavy atom. The van der Waals surface area contributed by atoms with Gasteiger partial charge >= 0.3 is 0 Å². The minimum Gasteiger partial charge on any atom is -0.481 e. The summed E-state index contributed by atoms with van der Waals surface area (Å²) in [5.41, 5.74) is 3.88. The summed E-state index contributed by atoms with van der Waals surface area (Å²) in [4.78, 5) is 12.6. The van der Waals surface area contributed by atoms with E-state index in [9.17, 15) is 13.2 Å². The number of nitrogens with one attached hydrogen (secondary N) is 2. The highest BCUT2D eigenvalue weighted by molar-refractivity contribution is 7.92. The summed E-state index contributed by atoms with van der Waals surface area (Å²) in [6, 6.07) is 16.4. The molecule has 0 aliphatic heterocycles. The minimum absolute atomic E-state index is 0.0468. The summed E-state index contributed by atoms with van der Waals surface area (Å²) in [5, 5.41) is 3.05. The molecule has 0 radical (unpaired) electrons. The Balaban J connectivity index is 1.67. The number of benzene rings is 3. The highest BCUT2D eigenvalue weighted by Gasteiger charge is 2.19. The molecular weight excluding hydrogens is 448 g/mol. The topological polar surface area (TPSA) is 84.5 Å². The van der Waals surface area contributed by atoms with Crippen molar-refractivity contribution in [1.82, 2.24) is 0 Å². The van der Waals surface area contributed by atoms with Crippen LogP contribution in [0.3, 0.4) is 0 Å². The molecule has 32 heavy (non-hydrogen) atoms. The van der Waals surface area contributed by atoms with Gasteiger partial charge in [0.05, 0.1) is 15.6 Å². The fourth-order valence-electron chi connectivity index (χ4n) is 3.08. The Hall–Kier alpha value is -3.03. The fourth-order valence-corrected chi connectivity index (χ4v) is 4.39. The molecule has 6 nitrogen and oxygen atoms in total. The molecule has 0 aliphatic rings. The van der Waals surface area contributed by atoms with Crippen LogP contribution < -0.4 is 14.8 Å². The molecular formula is C24H25ClN2O4S. The zero-order valence-electron chi connectivity index (χ0n) is 18.3. The quantitative estimate of drug-likeness (QED) is 0.477. The standard InChI is InChI=1S/C24H25ClN2O4S/c1-15-13-16(2)17(3)23(14-15)31-18(4)24(28)26-19-9-11-20(12-10-19)32(29,30)27-22-8-6-5-7-21(22)25/h5-14,18,27H,1-4H3,(H,26,28)/t18-/m0/s1. The molecule has 168 valence electrons. The highest BCUT2D eigenvalue weighted by atomic mass is 35.5. The average molecular weight is 473 g/mol. The lowest BCUT2D eigenvalue weighted by atomic mass is 10.1. The van der Waals surface area contributed by atoms with Crippen molar-refractivity contribution in [3.05, 3.63) is 82.4 Å². The van der Waals surface area contributed by atoms with Crippen LogP contribution in [0.2, 0.25) is 5.02 Å². The van der Waals surface area contributed by atoms with Crippen molar-refractivity contribution in [3.8, 4) is 5.75 Å². The van der Waals surface area contributed by atoms with Crippen molar-refractivity contribution in [3.63, 3.8) is 0 Å². The smallest absolute Gasteiger partial charge is 0.265 e. The second kappa shape index (κ2) is 9.63. The molecule has 0 unspecified atom stereocenters. The number of anilines is 2. The Morgan fingerprint density at radius 1 is 1.00 bits per heavy atom. The second-order valence-electron chi connectivity index (χ2n) is 7.56. The molecule has 3 aromatic carbocycles. The third-order valence-corrected chi connectivity index (χ3v) is 6.70. The van der Waals surface area contributed by atoms with E-state index in [-0.39, 0.29) is 10.8 Å². The van der Waals surface area contributed by atoms with E-state index in [1.807, 2.05) is 26.8 Å². The zero-order valence-corrected chi connectivity index (χ0v) is 19.8. The van der Waals surface area contributed by atoms with Crippen molar-refractivity contribution in [2.45, 2.75) is 38.7 Å². The van der Waals surface area contributed by atoms with Gasteiger partial charge in [-0.1, -0.05) is 29.8 Å². The Kier molecular flexibility index (Phi) is 7.11. The number of amides is 1. The van der Waals surface area contributed by atoms with E-state index in [1.165, 1.54) is 24.3 Å². The molecule has 1 amide bonds. The van der Waals surface area contributed by atoms with Gasteiger partial charge in [0.1, 0.15) is 5.75 Å². The lowest BCUT2D eigenvalue weighted by Crippen LogP contribution is -2.30. The number of aryl methyl sites for hydroxylation is 2. The highest BCUT2D eigenvalue weighted by Crippen LogP contribution is 2.26. The Bertz CT molecular complexity index is 1240. The number of halogens is 1. The van der Waals surface area contributed by atoms with Crippen molar-refractivity contribution >= 4 is 38.9 Å². The third-order valence-electron chi connectivity index (χ3n) is 4.99. The van der Waals surface area contributed by atoms with E-state index in [4.69, 9.17) is 16.3 Å². The molecule has 0 fully saturated rings. The molecule has 0 heterocycles. The van der Waals surface area contributed by atoms with Crippen molar-refractivity contribution < 1.29 is 17.9 Å². The van der Waals surface area contributed by atoms with Crippen LogP contribution in [0.5, 0.6) is 5.75 Å². The van der Waals surface area contributed by atoms with Gasteiger partial charge < -0.3 is 10.1 Å². The molecule has 1 atom stereocenters. The van der Waals surface area contributed by atoms with Crippen LogP contribution in [0.4, 0.5) is 11.4 Å². The zero-order chi connectivity index (χ0) is 23.5. The lowest BCUT2D eigenvalue weighted by molar-refractivity contribution is -0.122. The monoisotopic (exact) mass is 472 g/mol. The van der Waals surface area contributed by atoms with Crippen LogP contribution in [0, 0.1) is 20.8 Å². The maximum atomic E-state index is 12.6. The van der Waals surface area contributed by atoms with E-state index in [0.29, 0.717) is 22.1 Å². The van der Waals surface area contributed by atoms with E-state index in [2.05, 4.69) is 16.1 Å². The molecule has 3 rings (SSSR count). The van der Waals surface area contributed by atoms with Gasteiger partial charge in [0.25, 0.3) is 15.9 Å². The van der Waals surface area contributed by atoms with Gasteiger partial charge in [-0.25, -0.2) is 8.42 Å². The number of para-hydroxylation sites is 1. The SMILES string of the molecule is Cc1cc(C)c(C)c(O[C@@H](C)C(=O)Nc2ccc(S(=O)(=O)Nc3ccccc3Cl)cc2)c1. The first kappa shape index (κ1) is 23.6. The van der Waals surface area contributed by atoms with Gasteiger partial charge in [-0.15, -0.1) is 0 Å². The molecule has 8 heteroatoms. The predicted octanol–water partition coefficient (Wildman–Crippen LogP) is 5.47. The average Bonchev–Trinajstić information content (AvgIpc) is 2.73. The van der Waals surface area contributed by atoms with Crippen LogP contribution in [-0.2, 0) is 14.8 Å². The van der Waals surface area contributed by atoms with Gasteiger partial charge in [-0.2, -0.15) is 0 Å². The molecule has 0 saturated heterocycles. The van der Waals surface area contributed by atoms with Gasteiger partial charge in [0, 0.05) is 5.69 Å². The van der Waals surface area contributed by atoms with E-state index in [0.717, 1.165) is 16.7 Å². The lowest BCUT2D eigenvalue weighted by Gasteiger charge is -2.18. The summed E-state index contributed by atoms with van der Waals surface area (Å²) in [6.45, 7) is 7.58.